The van der Waals surface area contributed by atoms with Crippen LogP contribution in [0.1, 0.15) is 25.7 Å². The monoisotopic (exact) mass is 213 g/mol. The molecule has 0 atom stereocenters. The maximum Gasteiger partial charge on any atom is 0.248 e. The van der Waals surface area contributed by atoms with Crippen LogP contribution in [0.4, 0.5) is 0 Å². The Hall–Kier alpha value is -0.610. The molecule has 2 rings (SSSR count). The molecular formula is C11H19NO3. The van der Waals surface area contributed by atoms with Crippen LogP contribution in [0.15, 0.2) is 0 Å². The molecule has 0 spiro atoms. The predicted octanol–water partition coefficient (Wildman–Crippen LogP) is 0.396. The average molecular weight is 213 g/mol. The van der Waals surface area contributed by atoms with Crippen molar-refractivity contribution in [3.63, 3.8) is 0 Å². The molecule has 4 heteroatoms. The Bertz CT molecular complexity index is 224. The van der Waals surface area contributed by atoms with Crippen LogP contribution in [0.2, 0.25) is 0 Å². The highest BCUT2D eigenvalue weighted by molar-refractivity contribution is 5.78. The Kier molecular flexibility index (Phi) is 3.59. The molecule has 1 aliphatic heterocycles. The van der Waals surface area contributed by atoms with E-state index in [1.165, 1.54) is 0 Å². The van der Waals surface area contributed by atoms with Gasteiger partial charge in [-0.25, -0.2) is 0 Å². The van der Waals surface area contributed by atoms with Gasteiger partial charge in [-0.3, -0.25) is 4.79 Å². The summed E-state index contributed by atoms with van der Waals surface area (Å²) < 4.78 is 5.11. The van der Waals surface area contributed by atoms with E-state index in [0.29, 0.717) is 25.2 Å². The molecule has 15 heavy (non-hydrogen) atoms. The van der Waals surface area contributed by atoms with Crippen LogP contribution in [-0.4, -0.2) is 48.3 Å². The van der Waals surface area contributed by atoms with E-state index in [-0.39, 0.29) is 12.5 Å². The molecule has 1 amide bonds. The number of hydrogen-bond acceptors (Lipinski definition) is 3. The Morgan fingerprint density at radius 1 is 1.33 bits per heavy atom. The van der Waals surface area contributed by atoms with Gasteiger partial charge in [0, 0.05) is 19.2 Å². The molecule has 1 saturated heterocycles. The van der Waals surface area contributed by atoms with E-state index in [4.69, 9.17) is 9.84 Å². The van der Waals surface area contributed by atoms with Crippen molar-refractivity contribution < 1.29 is 14.6 Å². The van der Waals surface area contributed by atoms with Crippen LogP contribution < -0.4 is 0 Å². The minimum Gasteiger partial charge on any atom is -0.396 e. The normalized spacial score (nSPS) is 33.1. The second-order valence-electron chi connectivity index (χ2n) is 4.50. The van der Waals surface area contributed by atoms with Gasteiger partial charge in [-0.15, -0.1) is 0 Å². The summed E-state index contributed by atoms with van der Waals surface area (Å²) in [5.41, 5.74) is 0. The van der Waals surface area contributed by atoms with Gasteiger partial charge < -0.3 is 14.7 Å². The second-order valence-corrected chi connectivity index (χ2v) is 4.50. The van der Waals surface area contributed by atoms with E-state index in [2.05, 4.69) is 0 Å². The van der Waals surface area contributed by atoms with Crippen LogP contribution in [-0.2, 0) is 9.53 Å². The highest BCUT2D eigenvalue weighted by Gasteiger charge is 2.29. The quantitative estimate of drug-likeness (QED) is 0.722. The van der Waals surface area contributed by atoms with Crippen molar-refractivity contribution in [2.45, 2.75) is 31.7 Å². The standard InChI is InChI=1S/C11H19NO3/c13-7-9-1-3-10(4-2-9)12-5-6-15-8-11(12)14/h9-10,13H,1-8H2. The lowest BCUT2D eigenvalue weighted by molar-refractivity contribution is -0.146. The van der Waals surface area contributed by atoms with Gasteiger partial charge in [-0.2, -0.15) is 0 Å². The first-order valence-electron chi connectivity index (χ1n) is 5.79. The van der Waals surface area contributed by atoms with Crippen molar-refractivity contribution in [3.8, 4) is 0 Å². The third-order valence-corrected chi connectivity index (χ3v) is 3.54. The van der Waals surface area contributed by atoms with Gasteiger partial charge in [-0.05, 0) is 31.6 Å². The lowest BCUT2D eigenvalue weighted by atomic mass is 9.85. The van der Waals surface area contributed by atoms with Gasteiger partial charge in [0.25, 0.3) is 0 Å². The number of rotatable bonds is 2. The van der Waals surface area contributed by atoms with Gasteiger partial charge in [0.05, 0.1) is 6.61 Å². The first-order chi connectivity index (χ1) is 7.31. The van der Waals surface area contributed by atoms with Crippen molar-refractivity contribution in [1.82, 2.24) is 4.90 Å². The maximum absolute atomic E-state index is 11.6. The molecule has 86 valence electrons. The Labute approximate surface area is 90.2 Å². The lowest BCUT2D eigenvalue weighted by Gasteiger charge is -2.38. The van der Waals surface area contributed by atoms with Gasteiger partial charge >= 0.3 is 0 Å². The number of carbonyl (C=O) groups excluding carboxylic acids is 1. The molecule has 1 saturated carbocycles. The minimum absolute atomic E-state index is 0.133. The average Bonchev–Trinajstić information content (AvgIpc) is 2.30. The molecule has 0 unspecified atom stereocenters. The topological polar surface area (TPSA) is 49.8 Å². The zero-order valence-electron chi connectivity index (χ0n) is 9.02. The van der Waals surface area contributed by atoms with Crippen molar-refractivity contribution in [1.29, 1.82) is 0 Å². The summed E-state index contributed by atoms with van der Waals surface area (Å²) in [5, 5.41) is 9.04. The highest BCUT2D eigenvalue weighted by atomic mass is 16.5. The van der Waals surface area contributed by atoms with Crippen LogP contribution in [0.5, 0.6) is 0 Å². The summed E-state index contributed by atoms with van der Waals surface area (Å²) in [6.45, 7) is 1.96. The smallest absolute Gasteiger partial charge is 0.248 e. The minimum atomic E-state index is 0.133. The zero-order chi connectivity index (χ0) is 10.7. The lowest BCUT2D eigenvalue weighted by Crippen LogP contribution is -2.49. The van der Waals surface area contributed by atoms with Gasteiger partial charge in [0.2, 0.25) is 5.91 Å². The molecule has 4 nitrogen and oxygen atoms in total. The molecule has 1 heterocycles. The molecule has 0 radical (unpaired) electrons. The Morgan fingerprint density at radius 3 is 2.67 bits per heavy atom. The molecule has 0 bridgehead atoms. The van der Waals surface area contributed by atoms with Gasteiger partial charge in [0.1, 0.15) is 6.61 Å². The Morgan fingerprint density at radius 2 is 2.07 bits per heavy atom. The number of aliphatic hydroxyl groups is 1. The summed E-state index contributed by atoms with van der Waals surface area (Å²) in [6.07, 6.45) is 4.17. The van der Waals surface area contributed by atoms with Crippen LogP contribution >= 0.6 is 0 Å². The van der Waals surface area contributed by atoms with Crippen LogP contribution in [0.3, 0.4) is 0 Å². The summed E-state index contributed by atoms with van der Waals surface area (Å²) in [6, 6.07) is 0.393. The number of amides is 1. The summed E-state index contributed by atoms with van der Waals surface area (Å²) in [7, 11) is 0. The third-order valence-electron chi connectivity index (χ3n) is 3.54. The van der Waals surface area contributed by atoms with Gasteiger partial charge in [-0.1, -0.05) is 0 Å². The molecule has 1 aliphatic carbocycles. The van der Waals surface area contributed by atoms with E-state index < -0.39 is 0 Å². The number of morpholine rings is 1. The maximum atomic E-state index is 11.6. The van der Waals surface area contributed by atoms with E-state index in [9.17, 15) is 4.79 Å². The van der Waals surface area contributed by atoms with Crippen LogP contribution in [0.25, 0.3) is 0 Å². The summed E-state index contributed by atoms with van der Waals surface area (Å²) in [4.78, 5) is 13.6. The zero-order valence-corrected chi connectivity index (χ0v) is 9.02. The number of ether oxygens (including phenoxy) is 1. The van der Waals surface area contributed by atoms with E-state index in [0.717, 1.165) is 32.2 Å². The summed E-state index contributed by atoms with van der Waals surface area (Å²) >= 11 is 0. The third kappa shape index (κ3) is 2.49. The number of carbonyl (C=O) groups is 1. The molecule has 0 aromatic heterocycles. The number of aliphatic hydroxyl groups excluding tert-OH is 1. The van der Waals surface area contributed by atoms with Crippen LogP contribution in [0, 0.1) is 5.92 Å². The predicted molar refractivity (Wildman–Crippen MR) is 55.4 cm³/mol. The second kappa shape index (κ2) is 4.94. The first-order valence-corrected chi connectivity index (χ1v) is 5.79. The van der Waals surface area contributed by atoms with E-state index in [1.807, 2.05) is 4.90 Å². The largest absolute Gasteiger partial charge is 0.396 e. The number of nitrogens with zero attached hydrogens (tertiary/aromatic N) is 1. The SMILES string of the molecule is O=C1COCCN1C1CCC(CO)CC1. The molecule has 2 fully saturated rings. The highest BCUT2D eigenvalue weighted by Crippen LogP contribution is 2.27. The van der Waals surface area contributed by atoms with Crippen molar-refractivity contribution in [2.75, 3.05) is 26.4 Å². The van der Waals surface area contributed by atoms with Crippen molar-refractivity contribution in [3.05, 3.63) is 0 Å². The van der Waals surface area contributed by atoms with Crippen molar-refractivity contribution >= 4 is 5.91 Å². The van der Waals surface area contributed by atoms with E-state index in [1.54, 1.807) is 0 Å². The van der Waals surface area contributed by atoms with Gasteiger partial charge in [0.15, 0.2) is 0 Å². The fourth-order valence-electron chi connectivity index (χ4n) is 2.56. The molecule has 1 N–H and O–H groups in total. The molecule has 0 aromatic carbocycles. The first kappa shape index (κ1) is 10.9. The summed E-state index contributed by atoms with van der Waals surface area (Å²) in [5.74, 6) is 0.589. The van der Waals surface area contributed by atoms with Crippen molar-refractivity contribution in [2.24, 2.45) is 5.92 Å². The fraction of sp³-hybridized carbons (Fsp3) is 0.909. The molecule has 0 aromatic rings. The fourth-order valence-corrected chi connectivity index (χ4v) is 2.56. The number of hydrogen-bond donors (Lipinski definition) is 1. The molecular weight excluding hydrogens is 194 g/mol. The Balaban J connectivity index is 1.86. The van der Waals surface area contributed by atoms with E-state index >= 15 is 0 Å². The molecule has 2 aliphatic rings.